The van der Waals surface area contributed by atoms with Crippen molar-refractivity contribution in [2.75, 3.05) is 65.4 Å². The minimum absolute atomic E-state index is 0.0313. The molecule has 0 aromatic carbocycles. The van der Waals surface area contributed by atoms with Crippen LogP contribution in [0.5, 0.6) is 0 Å². The molecule has 0 unspecified atom stereocenters. The molecule has 4 N–H and O–H groups in total. The van der Waals surface area contributed by atoms with E-state index in [2.05, 4.69) is 20.8 Å². The molecule has 0 spiro atoms. The van der Waals surface area contributed by atoms with Crippen LogP contribution in [-0.2, 0) is 42.9 Å². The fourth-order valence-electron chi connectivity index (χ4n) is 4.51. The van der Waals surface area contributed by atoms with E-state index in [0.717, 1.165) is 0 Å². The van der Waals surface area contributed by atoms with Gasteiger partial charge in [0.2, 0.25) is 23.6 Å². The number of nitrogens with one attached hydrogen (secondary N) is 4. The number of carbonyl (C=O) groups excluding carboxylic acids is 8. The SMILES string of the molecule is CC=CC(=O)NCCNP(=O)(NCCNC(=O)C=CC)N(CCC(=O)N(CCC(C)=O)CCC(C)=O)CCC(=O)N(CCC(C)=O)CCC(C)=O. The van der Waals surface area contributed by atoms with Gasteiger partial charge in [0.05, 0.1) is 0 Å². The molecular formula is C34H58N7O9P. The van der Waals surface area contributed by atoms with Gasteiger partial charge in [-0.15, -0.1) is 0 Å². The fraction of sp³-hybridized carbons (Fsp3) is 0.647. The zero-order chi connectivity index (χ0) is 38.8. The number of allylic oxidation sites excluding steroid dienone is 2. The Labute approximate surface area is 302 Å². The molecule has 17 heteroatoms. The number of ketones is 4. The Morgan fingerprint density at radius 1 is 0.490 bits per heavy atom. The molecule has 51 heavy (non-hydrogen) atoms. The standard InChI is InChI=1S/C34H58N7O9P/c1-7-9-31(46)35-17-19-37-51(50,38-20-18-36-32(47)10-8-2)41(25-15-33(48)39(21-11-27(3)42)22-12-28(4)43)26-16-34(49)40(23-13-29(5)44)24-14-30(6)45/h7-10H,11-26H2,1-6H3,(H,35,46)(H,36,47)(H2,37,38,50). The van der Waals surface area contributed by atoms with E-state index >= 15 is 0 Å². The lowest BCUT2D eigenvalue weighted by molar-refractivity contribution is -0.133. The van der Waals surface area contributed by atoms with Crippen LogP contribution in [0.25, 0.3) is 0 Å². The normalized spacial score (nSPS) is 12.5. The Balaban J connectivity index is 6.39. The lowest BCUT2D eigenvalue weighted by Crippen LogP contribution is -2.44. The molecule has 0 aromatic heterocycles. The summed E-state index contributed by atoms with van der Waals surface area (Å²) in [5, 5.41) is 11.2. The third-order valence-electron chi connectivity index (χ3n) is 7.34. The highest BCUT2D eigenvalue weighted by atomic mass is 31.2. The van der Waals surface area contributed by atoms with Crippen molar-refractivity contribution in [3.8, 4) is 0 Å². The average molecular weight is 740 g/mol. The van der Waals surface area contributed by atoms with Crippen LogP contribution in [-0.4, -0.2) is 127 Å². The first-order valence-electron chi connectivity index (χ1n) is 17.2. The maximum absolute atomic E-state index is 14.7. The van der Waals surface area contributed by atoms with Crippen molar-refractivity contribution >= 4 is 54.4 Å². The van der Waals surface area contributed by atoms with E-state index in [-0.39, 0.29) is 151 Å². The minimum atomic E-state index is -3.84. The molecule has 288 valence electrons. The summed E-state index contributed by atoms with van der Waals surface area (Å²) < 4.78 is 16.1. The van der Waals surface area contributed by atoms with Crippen molar-refractivity contribution in [3.05, 3.63) is 24.3 Å². The van der Waals surface area contributed by atoms with Gasteiger partial charge in [0.1, 0.15) is 23.1 Å². The summed E-state index contributed by atoms with van der Waals surface area (Å²) in [7, 11) is -3.84. The predicted molar refractivity (Wildman–Crippen MR) is 194 cm³/mol. The number of rotatable bonds is 29. The first-order chi connectivity index (χ1) is 24.0. The Morgan fingerprint density at radius 3 is 1.08 bits per heavy atom. The van der Waals surface area contributed by atoms with E-state index in [9.17, 15) is 42.9 Å². The van der Waals surface area contributed by atoms with E-state index in [0.29, 0.717) is 0 Å². The van der Waals surface area contributed by atoms with E-state index in [1.807, 2.05) is 0 Å². The summed E-state index contributed by atoms with van der Waals surface area (Å²) in [5.41, 5.74) is 0. The second kappa shape index (κ2) is 26.9. The Morgan fingerprint density at radius 2 is 0.804 bits per heavy atom. The summed E-state index contributed by atoms with van der Waals surface area (Å²) in [6.45, 7) is 9.41. The molecule has 0 aliphatic rings. The van der Waals surface area contributed by atoms with Gasteiger partial charge < -0.3 is 20.4 Å². The number of hydrogen-bond donors (Lipinski definition) is 4. The smallest absolute Gasteiger partial charge is 0.281 e. The number of nitrogens with zero attached hydrogens (tertiary/aromatic N) is 3. The topological polar surface area (TPSA) is 211 Å². The van der Waals surface area contributed by atoms with Gasteiger partial charge in [-0.1, -0.05) is 12.2 Å². The molecule has 0 rings (SSSR count). The summed E-state index contributed by atoms with van der Waals surface area (Å²) in [4.78, 5) is 100. The van der Waals surface area contributed by atoms with E-state index < -0.39 is 7.59 Å². The molecule has 0 atom stereocenters. The maximum Gasteiger partial charge on any atom is 0.281 e. The first kappa shape index (κ1) is 47.1. The largest absolute Gasteiger partial charge is 0.351 e. The van der Waals surface area contributed by atoms with Crippen molar-refractivity contribution in [1.29, 1.82) is 0 Å². The first-order valence-corrected chi connectivity index (χ1v) is 18.9. The van der Waals surface area contributed by atoms with Gasteiger partial charge in [-0.25, -0.2) is 14.8 Å². The summed E-state index contributed by atoms with van der Waals surface area (Å²) in [5.74, 6) is -1.99. The highest BCUT2D eigenvalue weighted by molar-refractivity contribution is 7.57. The molecule has 0 heterocycles. The molecule has 0 bridgehead atoms. The summed E-state index contributed by atoms with van der Waals surface area (Å²) in [6.07, 6.45) is 5.84. The summed E-state index contributed by atoms with van der Waals surface area (Å²) >= 11 is 0. The van der Waals surface area contributed by atoms with Gasteiger partial charge in [0.25, 0.3) is 7.59 Å². The Kier molecular flexibility index (Phi) is 24.9. The highest BCUT2D eigenvalue weighted by Crippen LogP contribution is 2.41. The monoisotopic (exact) mass is 739 g/mol. The van der Waals surface area contributed by atoms with Crippen LogP contribution in [0.3, 0.4) is 0 Å². The Hall–Kier alpha value is -3.85. The van der Waals surface area contributed by atoms with Crippen molar-refractivity contribution in [1.82, 2.24) is 35.3 Å². The predicted octanol–water partition coefficient (Wildman–Crippen LogP) is 1.31. The quantitative estimate of drug-likeness (QED) is 0.0486. The zero-order valence-corrected chi connectivity index (χ0v) is 32.0. The Bertz CT molecular complexity index is 1170. The van der Waals surface area contributed by atoms with Crippen LogP contribution in [0, 0.1) is 0 Å². The second-order valence-electron chi connectivity index (χ2n) is 12.0. The van der Waals surface area contributed by atoms with Crippen molar-refractivity contribution in [2.24, 2.45) is 0 Å². The van der Waals surface area contributed by atoms with Gasteiger partial charge in [0.15, 0.2) is 0 Å². The molecule has 0 saturated heterocycles. The maximum atomic E-state index is 14.7. The van der Waals surface area contributed by atoms with Gasteiger partial charge >= 0.3 is 0 Å². The van der Waals surface area contributed by atoms with Gasteiger partial charge in [-0.05, 0) is 53.7 Å². The molecule has 0 fully saturated rings. The van der Waals surface area contributed by atoms with Gasteiger partial charge in [-0.3, -0.25) is 42.9 Å². The molecule has 16 nitrogen and oxygen atoms in total. The molecule has 0 aliphatic carbocycles. The van der Waals surface area contributed by atoms with E-state index in [1.165, 1.54) is 54.3 Å². The van der Waals surface area contributed by atoms with Crippen molar-refractivity contribution < 1.29 is 42.9 Å². The van der Waals surface area contributed by atoms with Gasteiger partial charge in [-0.2, -0.15) is 0 Å². The third-order valence-corrected chi connectivity index (χ3v) is 9.84. The minimum Gasteiger partial charge on any atom is -0.351 e. The van der Waals surface area contributed by atoms with Crippen LogP contribution in [0.2, 0.25) is 0 Å². The molecule has 0 saturated carbocycles. The van der Waals surface area contributed by atoms with Crippen LogP contribution in [0.15, 0.2) is 24.3 Å². The molecule has 0 radical (unpaired) electrons. The van der Waals surface area contributed by atoms with Crippen LogP contribution < -0.4 is 20.8 Å². The molecule has 0 aromatic rings. The fourth-order valence-corrected chi connectivity index (χ4v) is 6.62. The van der Waals surface area contributed by atoms with Gasteiger partial charge in [0, 0.05) is 104 Å². The number of amides is 4. The third kappa shape index (κ3) is 23.3. The van der Waals surface area contributed by atoms with Crippen molar-refractivity contribution in [3.63, 3.8) is 0 Å². The number of Topliss-reactive ketones (excluding diaryl/α,β-unsaturated/α-hetero) is 4. The second-order valence-corrected chi connectivity index (χ2v) is 14.3. The molecule has 4 amide bonds. The number of hydrogen-bond acceptors (Lipinski definition) is 9. The van der Waals surface area contributed by atoms with E-state index in [1.54, 1.807) is 26.0 Å². The van der Waals surface area contributed by atoms with Crippen LogP contribution in [0.1, 0.15) is 80.1 Å². The summed E-state index contributed by atoms with van der Waals surface area (Å²) in [6, 6.07) is 0. The van der Waals surface area contributed by atoms with Crippen molar-refractivity contribution in [2.45, 2.75) is 80.1 Å². The highest BCUT2D eigenvalue weighted by Gasteiger charge is 2.32. The number of carbonyl (C=O) groups is 8. The van der Waals surface area contributed by atoms with Crippen LogP contribution >= 0.6 is 7.59 Å². The van der Waals surface area contributed by atoms with Crippen LogP contribution in [0.4, 0.5) is 0 Å². The zero-order valence-electron chi connectivity index (χ0n) is 31.1. The molecule has 0 aliphatic heterocycles. The average Bonchev–Trinajstić information content (AvgIpc) is 3.04. The lowest BCUT2D eigenvalue weighted by atomic mass is 10.2. The van der Waals surface area contributed by atoms with E-state index in [4.69, 9.17) is 0 Å². The molecular weight excluding hydrogens is 681 g/mol. The lowest BCUT2D eigenvalue weighted by Gasteiger charge is -2.34.